The van der Waals surface area contributed by atoms with Crippen molar-refractivity contribution < 1.29 is 9.53 Å². The van der Waals surface area contributed by atoms with Gasteiger partial charge in [-0.05, 0) is 50.2 Å². The Morgan fingerprint density at radius 2 is 1.85 bits per heavy atom. The van der Waals surface area contributed by atoms with Gasteiger partial charge in [0.2, 0.25) is 0 Å². The lowest BCUT2D eigenvalue weighted by molar-refractivity contribution is 0.0748. The Morgan fingerprint density at radius 3 is 2.54 bits per heavy atom. The molecule has 6 nitrogen and oxygen atoms in total. The number of carbonyl (C=O) groups is 1. The van der Waals surface area contributed by atoms with Crippen molar-refractivity contribution in [3.63, 3.8) is 0 Å². The molecule has 0 unspecified atom stereocenters. The minimum Gasteiger partial charge on any atom is -0.494 e. The molecule has 6 heteroatoms. The van der Waals surface area contributed by atoms with Crippen molar-refractivity contribution in [3.8, 4) is 5.75 Å². The molecule has 0 aliphatic heterocycles. The highest BCUT2D eigenvalue weighted by Crippen LogP contribution is 2.15. The number of benzene rings is 2. The van der Waals surface area contributed by atoms with E-state index in [1.165, 1.54) is 0 Å². The second-order valence-corrected chi connectivity index (χ2v) is 5.81. The highest BCUT2D eigenvalue weighted by molar-refractivity contribution is 5.94. The average Bonchev–Trinajstić information content (AvgIpc) is 2.66. The van der Waals surface area contributed by atoms with Crippen LogP contribution in [0.2, 0.25) is 0 Å². The first-order valence-electron chi connectivity index (χ1n) is 8.62. The van der Waals surface area contributed by atoms with Crippen molar-refractivity contribution in [1.29, 1.82) is 0 Å². The van der Waals surface area contributed by atoms with Gasteiger partial charge in [0.1, 0.15) is 11.6 Å². The van der Waals surface area contributed by atoms with E-state index in [2.05, 4.69) is 9.97 Å². The van der Waals surface area contributed by atoms with Crippen LogP contribution in [0.25, 0.3) is 10.9 Å². The molecule has 0 spiro atoms. The van der Waals surface area contributed by atoms with Crippen molar-refractivity contribution >= 4 is 16.8 Å². The Balaban J connectivity index is 1.82. The van der Waals surface area contributed by atoms with Gasteiger partial charge in [-0.15, -0.1) is 0 Å². The van der Waals surface area contributed by atoms with Crippen LogP contribution < -0.4 is 10.3 Å². The molecule has 2 aromatic carbocycles. The highest BCUT2D eigenvalue weighted by atomic mass is 16.5. The van der Waals surface area contributed by atoms with Gasteiger partial charge in [-0.2, -0.15) is 0 Å². The number of hydrogen-bond acceptors (Lipinski definition) is 4. The smallest absolute Gasteiger partial charge is 0.258 e. The number of para-hydroxylation sites is 1. The highest BCUT2D eigenvalue weighted by Gasteiger charge is 2.16. The summed E-state index contributed by atoms with van der Waals surface area (Å²) in [5, 5.41) is 0.539. The summed E-state index contributed by atoms with van der Waals surface area (Å²) < 4.78 is 5.40. The molecular weight excluding hydrogens is 330 g/mol. The zero-order chi connectivity index (χ0) is 18.5. The number of ether oxygens (including phenoxy) is 1. The number of amides is 1. The van der Waals surface area contributed by atoms with Crippen molar-refractivity contribution in [2.24, 2.45) is 0 Å². The van der Waals surface area contributed by atoms with E-state index in [1.807, 2.05) is 19.9 Å². The van der Waals surface area contributed by atoms with E-state index >= 15 is 0 Å². The van der Waals surface area contributed by atoms with E-state index in [9.17, 15) is 9.59 Å². The number of rotatable bonds is 6. The Kier molecular flexibility index (Phi) is 5.31. The predicted molar refractivity (Wildman–Crippen MR) is 100 cm³/mol. The quantitative estimate of drug-likeness (QED) is 0.741. The Labute approximate surface area is 151 Å². The summed E-state index contributed by atoms with van der Waals surface area (Å²) in [6, 6.07) is 14.2. The molecule has 1 amide bonds. The number of aromatic nitrogens is 2. The van der Waals surface area contributed by atoms with E-state index in [4.69, 9.17) is 4.74 Å². The SMILES string of the molecule is CCOc1ccc(C(=O)N(CC)Cc2nc3ccccc3c(=O)[nH]2)cc1. The van der Waals surface area contributed by atoms with Crippen LogP contribution in [0.4, 0.5) is 0 Å². The maximum atomic E-state index is 12.8. The van der Waals surface area contributed by atoms with Gasteiger partial charge in [0, 0.05) is 12.1 Å². The molecule has 0 bridgehead atoms. The van der Waals surface area contributed by atoms with Gasteiger partial charge >= 0.3 is 0 Å². The normalized spacial score (nSPS) is 10.7. The molecule has 0 atom stereocenters. The molecule has 3 rings (SSSR count). The largest absolute Gasteiger partial charge is 0.494 e. The van der Waals surface area contributed by atoms with Crippen molar-refractivity contribution in [2.75, 3.05) is 13.2 Å². The predicted octanol–water partition coefficient (Wildman–Crippen LogP) is 2.98. The first-order valence-corrected chi connectivity index (χ1v) is 8.62. The van der Waals surface area contributed by atoms with Gasteiger partial charge < -0.3 is 14.6 Å². The topological polar surface area (TPSA) is 75.3 Å². The van der Waals surface area contributed by atoms with Crippen molar-refractivity contribution in [2.45, 2.75) is 20.4 Å². The minimum absolute atomic E-state index is 0.119. The van der Waals surface area contributed by atoms with Gasteiger partial charge in [0.05, 0.1) is 24.1 Å². The third-order valence-electron chi connectivity index (χ3n) is 4.08. The summed E-state index contributed by atoms with van der Waals surface area (Å²) in [5.74, 6) is 1.08. The fourth-order valence-corrected chi connectivity index (χ4v) is 2.76. The summed E-state index contributed by atoms with van der Waals surface area (Å²) in [6.07, 6.45) is 0. The zero-order valence-corrected chi connectivity index (χ0v) is 14.9. The fraction of sp³-hybridized carbons (Fsp3) is 0.250. The summed E-state index contributed by atoms with van der Waals surface area (Å²) in [7, 11) is 0. The lowest BCUT2D eigenvalue weighted by Crippen LogP contribution is -2.31. The molecule has 134 valence electrons. The lowest BCUT2D eigenvalue weighted by Gasteiger charge is -2.20. The summed E-state index contributed by atoms with van der Waals surface area (Å²) >= 11 is 0. The van der Waals surface area contributed by atoms with Crippen LogP contribution in [-0.2, 0) is 6.54 Å². The Morgan fingerprint density at radius 1 is 1.12 bits per heavy atom. The number of H-pyrrole nitrogens is 1. The van der Waals surface area contributed by atoms with Gasteiger partial charge in [-0.25, -0.2) is 4.98 Å². The molecule has 3 aromatic rings. The summed E-state index contributed by atoms with van der Waals surface area (Å²) in [5.41, 5.74) is 0.990. The first-order chi connectivity index (χ1) is 12.6. The summed E-state index contributed by atoms with van der Waals surface area (Å²) in [4.78, 5) is 33.8. The number of carbonyl (C=O) groups excluding carboxylic acids is 1. The molecule has 1 aromatic heterocycles. The van der Waals surface area contributed by atoms with E-state index < -0.39 is 0 Å². The molecule has 0 radical (unpaired) electrons. The Hall–Kier alpha value is -3.15. The molecular formula is C20H21N3O3. The number of aromatic amines is 1. The van der Waals surface area contributed by atoms with Crippen LogP contribution in [0.1, 0.15) is 30.0 Å². The van der Waals surface area contributed by atoms with E-state index in [0.29, 0.717) is 35.4 Å². The molecule has 0 aliphatic rings. The number of fused-ring (bicyclic) bond motifs is 1. The zero-order valence-electron chi connectivity index (χ0n) is 14.9. The van der Waals surface area contributed by atoms with Crippen LogP contribution in [0.3, 0.4) is 0 Å². The molecule has 26 heavy (non-hydrogen) atoms. The Bertz CT molecular complexity index is 964. The van der Waals surface area contributed by atoms with Gasteiger partial charge in [-0.1, -0.05) is 12.1 Å². The monoisotopic (exact) mass is 351 g/mol. The first kappa shape index (κ1) is 17.7. The standard InChI is InChI=1S/C20H21N3O3/c1-3-23(20(25)14-9-11-15(12-10-14)26-4-2)13-18-21-17-8-6-5-7-16(17)19(24)22-18/h5-12H,3-4,13H2,1-2H3,(H,21,22,24). The van der Waals surface area contributed by atoms with Crippen LogP contribution in [0, 0.1) is 0 Å². The maximum absolute atomic E-state index is 12.8. The molecule has 1 heterocycles. The van der Waals surface area contributed by atoms with Gasteiger partial charge in [0.25, 0.3) is 11.5 Å². The molecule has 0 fully saturated rings. The number of nitrogens with one attached hydrogen (secondary N) is 1. The maximum Gasteiger partial charge on any atom is 0.258 e. The summed E-state index contributed by atoms with van der Waals surface area (Å²) in [6.45, 7) is 5.13. The van der Waals surface area contributed by atoms with Crippen molar-refractivity contribution in [3.05, 3.63) is 70.3 Å². The second-order valence-electron chi connectivity index (χ2n) is 5.81. The van der Waals surface area contributed by atoms with Crippen LogP contribution in [0.15, 0.2) is 53.3 Å². The third-order valence-corrected chi connectivity index (χ3v) is 4.08. The van der Waals surface area contributed by atoms with Crippen LogP contribution in [0.5, 0.6) is 5.75 Å². The van der Waals surface area contributed by atoms with Crippen LogP contribution >= 0.6 is 0 Å². The third kappa shape index (κ3) is 3.74. The molecule has 0 aliphatic carbocycles. The van der Waals surface area contributed by atoms with E-state index in [1.54, 1.807) is 47.4 Å². The van der Waals surface area contributed by atoms with E-state index in [0.717, 1.165) is 5.75 Å². The molecule has 1 N–H and O–H groups in total. The van der Waals surface area contributed by atoms with Crippen molar-refractivity contribution in [1.82, 2.24) is 14.9 Å². The second kappa shape index (κ2) is 7.82. The van der Waals surface area contributed by atoms with Crippen LogP contribution in [-0.4, -0.2) is 33.9 Å². The lowest BCUT2D eigenvalue weighted by atomic mass is 10.2. The number of nitrogens with zero attached hydrogens (tertiary/aromatic N) is 2. The average molecular weight is 351 g/mol. The molecule has 0 saturated heterocycles. The van der Waals surface area contributed by atoms with E-state index in [-0.39, 0.29) is 18.0 Å². The molecule has 0 saturated carbocycles. The van der Waals surface area contributed by atoms with Gasteiger partial charge in [-0.3, -0.25) is 9.59 Å². The minimum atomic E-state index is -0.199. The van der Waals surface area contributed by atoms with Gasteiger partial charge in [0.15, 0.2) is 0 Å². The fourth-order valence-electron chi connectivity index (χ4n) is 2.76. The number of hydrogen-bond donors (Lipinski definition) is 1.